The Morgan fingerprint density at radius 1 is 1.11 bits per heavy atom. The molecule has 0 spiro atoms. The summed E-state index contributed by atoms with van der Waals surface area (Å²) in [7, 11) is 1.62. The standard InChI is InChI=1S/C14H12N4O/c1-19-9-2-5-17-12(6-9)13-7-11(15)10-3-4-16-8-14(10)18-13/h2-8H,1H3,(H2,15,18). The second-order valence-electron chi connectivity index (χ2n) is 4.07. The first-order chi connectivity index (χ1) is 9.28. The molecule has 0 aliphatic heterocycles. The number of pyridine rings is 3. The average Bonchev–Trinajstić information content (AvgIpc) is 2.47. The molecule has 2 N–H and O–H groups in total. The smallest absolute Gasteiger partial charge is 0.122 e. The fraction of sp³-hybridized carbons (Fsp3) is 0.0714. The van der Waals surface area contributed by atoms with Crippen molar-refractivity contribution in [2.45, 2.75) is 0 Å². The summed E-state index contributed by atoms with van der Waals surface area (Å²) in [6.07, 6.45) is 5.07. The van der Waals surface area contributed by atoms with Gasteiger partial charge < -0.3 is 10.5 Å². The van der Waals surface area contributed by atoms with Crippen molar-refractivity contribution >= 4 is 16.6 Å². The lowest BCUT2D eigenvalue weighted by Gasteiger charge is -2.06. The van der Waals surface area contributed by atoms with Crippen molar-refractivity contribution in [3.05, 3.63) is 42.9 Å². The highest BCUT2D eigenvalue weighted by Crippen LogP contribution is 2.26. The first kappa shape index (κ1) is 11.4. The Labute approximate surface area is 110 Å². The summed E-state index contributed by atoms with van der Waals surface area (Å²) in [5.74, 6) is 0.733. The number of nitrogens with two attached hydrogens (primary N) is 1. The van der Waals surface area contributed by atoms with Gasteiger partial charge in [-0.05, 0) is 18.2 Å². The minimum Gasteiger partial charge on any atom is -0.497 e. The first-order valence-corrected chi connectivity index (χ1v) is 5.78. The summed E-state index contributed by atoms with van der Waals surface area (Å²) < 4.78 is 5.18. The lowest BCUT2D eigenvalue weighted by molar-refractivity contribution is 0.414. The largest absolute Gasteiger partial charge is 0.497 e. The second-order valence-corrected chi connectivity index (χ2v) is 4.07. The number of nitrogen functional groups attached to an aromatic ring is 1. The van der Waals surface area contributed by atoms with Crippen molar-refractivity contribution < 1.29 is 4.74 Å². The van der Waals surface area contributed by atoms with Gasteiger partial charge >= 0.3 is 0 Å². The highest BCUT2D eigenvalue weighted by atomic mass is 16.5. The molecule has 0 aliphatic rings. The molecule has 3 rings (SSSR count). The SMILES string of the molecule is COc1ccnc(-c2cc(N)c3ccncc3n2)c1. The van der Waals surface area contributed by atoms with Gasteiger partial charge in [-0.3, -0.25) is 9.97 Å². The second kappa shape index (κ2) is 4.53. The van der Waals surface area contributed by atoms with Crippen LogP contribution in [-0.4, -0.2) is 22.1 Å². The van der Waals surface area contributed by atoms with Crippen LogP contribution in [0.4, 0.5) is 5.69 Å². The van der Waals surface area contributed by atoms with Gasteiger partial charge in [-0.15, -0.1) is 0 Å². The summed E-state index contributed by atoms with van der Waals surface area (Å²) in [6, 6.07) is 7.27. The van der Waals surface area contributed by atoms with E-state index in [-0.39, 0.29) is 0 Å². The van der Waals surface area contributed by atoms with Gasteiger partial charge in [-0.25, -0.2) is 4.98 Å². The number of methoxy groups -OCH3 is 1. The normalized spacial score (nSPS) is 10.6. The third-order valence-electron chi connectivity index (χ3n) is 2.87. The van der Waals surface area contributed by atoms with E-state index < -0.39 is 0 Å². The number of anilines is 1. The Morgan fingerprint density at radius 3 is 2.84 bits per heavy atom. The van der Waals surface area contributed by atoms with Gasteiger partial charge in [0, 0.05) is 29.5 Å². The molecule has 0 aromatic carbocycles. The predicted molar refractivity (Wildman–Crippen MR) is 73.7 cm³/mol. The van der Waals surface area contributed by atoms with E-state index in [1.165, 1.54) is 0 Å². The van der Waals surface area contributed by atoms with Gasteiger partial charge in [0.2, 0.25) is 0 Å². The zero-order valence-corrected chi connectivity index (χ0v) is 10.4. The van der Waals surface area contributed by atoms with Crippen molar-refractivity contribution in [2.75, 3.05) is 12.8 Å². The van der Waals surface area contributed by atoms with Gasteiger partial charge in [-0.2, -0.15) is 0 Å². The van der Waals surface area contributed by atoms with E-state index in [2.05, 4.69) is 15.0 Å². The van der Waals surface area contributed by atoms with Crippen LogP contribution in [-0.2, 0) is 0 Å². The molecule has 0 saturated heterocycles. The van der Waals surface area contributed by atoms with Crippen molar-refractivity contribution in [3.63, 3.8) is 0 Å². The van der Waals surface area contributed by atoms with Crippen LogP contribution in [0.5, 0.6) is 5.75 Å². The summed E-state index contributed by atoms with van der Waals surface area (Å²) in [4.78, 5) is 12.9. The molecule has 3 aromatic rings. The number of nitrogens with zero attached hydrogens (tertiary/aromatic N) is 3. The molecular weight excluding hydrogens is 240 g/mol. The van der Waals surface area contributed by atoms with E-state index in [1.54, 1.807) is 31.8 Å². The van der Waals surface area contributed by atoms with Crippen LogP contribution < -0.4 is 10.5 Å². The van der Waals surface area contributed by atoms with Crippen LogP contribution in [0.3, 0.4) is 0 Å². The minimum absolute atomic E-state index is 0.659. The maximum atomic E-state index is 6.04. The van der Waals surface area contributed by atoms with E-state index in [9.17, 15) is 0 Å². The summed E-state index contributed by atoms with van der Waals surface area (Å²) in [5, 5.41) is 0.890. The third kappa shape index (κ3) is 2.06. The molecule has 5 nitrogen and oxygen atoms in total. The van der Waals surface area contributed by atoms with Crippen molar-refractivity contribution in [1.29, 1.82) is 0 Å². The maximum Gasteiger partial charge on any atom is 0.122 e. The molecular formula is C14H12N4O. The zero-order valence-electron chi connectivity index (χ0n) is 10.4. The Morgan fingerprint density at radius 2 is 2.00 bits per heavy atom. The van der Waals surface area contributed by atoms with E-state index >= 15 is 0 Å². The number of hydrogen-bond acceptors (Lipinski definition) is 5. The van der Waals surface area contributed by atoms with E-state index in [1.807, 2.05) is 18.2 Å². The number of ether oxygens (including phenoxy) is 1. The van der Waals surface area contributed by atoms with Gasteiger partial charge in [0.05, 0.1) is 30.2 Å². The lowest BCUT2D eigenvalue weighted by atomic mass is 10.1. The summed E-state index contributed by atoms with van der Waals surface area (Å²) in [6.45, 7) is 0. The van der Waals surface area contributed by atoms with E-state index in [0.29, 0.717) is 11.4 Å². The Kier molecular flexibility index (Phi) is 2.72. The van der Waals surface area contributed by atoms with Crippen molar-refractivity contribution in [1.82, 2.24) is 15.0 Å². The molecule has 0 radical (unpaired) electrons. The molecule has 0 bridgehead atoms. The molecule has 3 heterocycles. The highest BCUT2D eigenvalue weighted by Gasteiger charge is 2.07. The zero-order chi connectivity index (χ0) is 13.2. The molecule has 0 unspecified atom stereocenters. The van der Waals surface area contributed by atoms with Crippen LogP contribution in [0.25, 0.3) is 22.3 Å². The van der Waals surface area contributed by atoms with Crippen LogP contribution in [0, 0.1) is 0 Å². The summed E-state index contributed by atoms with van der Waals surface area (Å²) in [5.41, 5.74) is 8.87. The topological polar surface area (TPSA) is 73.9 Å². The fourth-order valence-electron chi connectivity index (χ4n) is 1.92. The molecule has 0 atom stereocenters. The van der Waals surface area contributed by atoms with Crippen LogP contribution in [0.1, 0.15) is 0 Å². The van der Waals surface area contributed by atoms with Crippen molar-refractivity contribution in [3.8, 4) is 17.1 Å². The quantitative estimate of drug-likeness (QED) is 0.757. The predicted octanol–water partition coefficient (Wildman–Crippen LogP) is 2.28. The minimum atomic E-state index is 0.659. The third-order valence-corrected chi connectivity index (χ3v) is 2.87. The molecule has 0 aliphatic carbocycles. The monoisotopic (exact) mass is 252 g/mol. The number of hydrogen-bond donors (Lipinski definition) is 1. The lowest BCUT2D eigenvalue weighted by Crippen LogP contribution is -1.95. The Balaban J connectivity index is 2.19. The van der Waals surface area contributed by atoms with Gasteiger partial charge in [-0.1, -0.05) is 0 Å². The molecule has 0 amide bonds. The molecule has 94 valence electrons. The van der Waals surface area contributed by atoms with Gasteiger partial charge in [0.15, 0.2) is 0 Å². The highest BCUT2D eigenvalue weighted by molar-refractivity contribution is 5.91. The molecule has 0 fully saturated rings. The van der Waals surface area contributed by atoms with Gasteiger partial charge in [0.25, 0.3) is 0 Å². The van der Waals surface area contributed by atoms with E-state index in [0.717, 1.165) is 22.3 Å². The van der Waals surface area contributed by atoms with Crippen molar-refractivity contribution in [2.24, 2.45) is 0 Å². The molecule has 19 heavy (non-hydrogen) atoms. The molecule has 5 heteroatoms. The average molecular weight is 252 g/mol. The maximum absolute atomic E-state index is 6.04. The van der Waals surface area contributed by atoms with Crippen LogP contribution in [0.15, 0.2) is 42.9 Å². The summed E-state index contributed by atoms with van der Waals surface area (Å²) >= 11 is 0. The number of aromatic nitrogens is 3. The molecule has 0 saturated carbocycles. The first-order valence-electron chi connectivity index (χ1n) is 5.78. The fourth-order valence-corrected chi connectivity index (χ4v) is 1.92. The Bertz CT molecular complexity index is 742. The number of rotatable bonds is 2. The van der Waals surface area contributed by atoms with E-state index in [4.69, 9.17) is 10.5 Å². The Hall–Kier alpha value is -2.69. The van der Waals surface area contributed by atoms with Gasteiger partial charge in [0.1, 0.15) is 5.75 Å². The molecule has 3 aromatic heterocycles. The van der Waals surface area contributed by atoms with Crippen LogP contribution in [0.2, 0.25) is 0 Å². The number of fused-ring (bicyclic) bond motifs is 1. The van der Waals surface area contributed by atoms with Crippen LogP contribution >= 0.6 is 0 Å².